The minimum absolute atomic E-state index is 0.290. The molecule has 4 rings (SSSR count). The summed E-state index contributed by atoms with van der Waals surface area (Å²) >= 11 is 12.3. The highest BCUT2D eigenvalue weighted by atomic mass is 35.5. The van der Waals surface area contributed by atoms with Gasteiger partial charge in [0.05, 0.1) is 10.0 Å². The third-order valence-corrected chi connectivity index (χ3v) is 5.85. The zero-order valence-corrected chi connectivity index (χ0v) is 17.2. The van der Waals surface area contributed by atoms with Crippen LogP contribution in [0, 0.1) is 0 Å². The molecule has 0 aliphatic heterocycles. The number of benzene rings is 3. The fourth-order valence-electron chi connectivity index (χ4n) is 3.55. The zero-order valence-electron chi connectivity index (χ0n) is 15.7. The van der Waals surface area contributed by atoms with Gasteiger partial charge in [-0.3, -0.25) is 0 Å². The Morgan fingerprint density at radius 2 is 1.64 bits per heavy atom. The molecule has 0 fully saturated rings. The van der Waals surface area contributed by atoms with E-state index in [9.17, 15) is 0 Å². The summed E-state index contributed by atoms with van der Waals surface area (Å²) in [5, 5.41) is 6.10. The van der Waals surface area contributed by atoms with Gasteiger partial charge < -0.3 is 9.88 Å². The fraction of sp³-hybridized carbons (Fsp3) is 0.167. The van der Waals surface area contributed by atoms with Gasteiger partial charge in [0.25, 0.3) is 0 Å². The highest BCUT2D eigenvalue weighted by Gasteiger charge is 2.11. The van der Waals surface area contributed by atoms with Gasteiger partial charge >= 0.3 is 0 Å². The van der Waals surface area contributed by atoms with E-state index in [-0.39, 0.29) is 0 Å². The van der Waals surface area contributed by atoms with Crippen LogP contribution in [0.25, 0.3) is 10.9 Å². The van der Waals surface area contributed by atoms with Crippen molar-refractivity contribution in [2.75, 3.05) is 0 Å². The lowest BCUT2D eigenvalue weighted by molar-refractivity contribution is 0.575. The van der Waals surface area contributed by atoms with Crippen LogP contribution in [0.2, 0.25) is 10.0 Å². The second-order valence-corrected chi connectivity index (χ2v) is 7.88. The van der Waals surface area contributed by atoms with Gasteiger partial charge in [-0.2, -0.15) is 0 Å². The van der Waals surface area contributed by atoms with Crippen molar-refractivity contribution in [3.63, 3.8) is 0 Å². The summed E-state index contributed by atoms with van der Waals surface area (Å²) in [6.45, 7) is 3.76. The van der Waals surface area contributed by atoms with Crippen LogP contribution in [-0.4, -0.2) is 4.57 Å². The van der Waals surface area contributed by atoms with Crippen molar-refractivity contribution >= 4 is 34.1 Å². The van der Waals surface area contributed by atoms with Crippen molar-refractivity contribution in [2.24, 2.45) is 0 Å². The Balaban J connectivity index is 1.58. The lowest BCUT2D eigenvalue weighted by Gasteiger charge is -2.13. The summed E-state index contributed by atoms with van der Waals surface area (Å²) < 4.78 is 2.28. The number of nitrogens with zero attached hydrogens (tertiary/aromatic N) is 1. The molecule has 0 unspecified atom stereocenters. The predicted molar refractivity (Wildman–Crippen MR) is 119 cm³/mol. The van der Waals surface area contributed by atoms with E-state index in [1.807, 2.05) is 24.3 Å². The first-order valence-electron chi connectivity index (χ1n) is 9.41. The predicted octanol–water partition coefficient (Wildman–Crippen LogP) is 6.85. The standard InChI is InChI=1S/C24H22Cl2N2/c1-17(19-7-3-2-4-8-19)27-14-20-16-28(24-10-6-5-9-21(20)24)15-18-11-12-22(25)23(26)13-18/h2-13,16-17,27H,14-15H2,1H3/t17-/m0/s1. The Kier molecular flexibility index (Phi) is 5.72. The van der Waals surface area contributed by atoms with E-state index in [1.54, 1.807) is 0 Å². The Hall–Kier alpha value is -2.26. The second kappa shape index (κ2) is 8.40. The lowest BCUT2D eigenvalue weighted by Crippen LogP contribution is -2.17. The van der Waals surface area contributed by atoms with Crippen LogP contribution in [-0.2, 0) is 13.1 Å². The molecule has 0 spiro atoms. The van der Waals surface area contributed by atoms with Crippen LogP contribution in [0.15, 0.2) is 79.0 Å². The minimum atomic E-state index is 0.290. The molecule has 1 heterocycles. The smallest absolute Gasteiger partial charge is 0.0595 e. The molecule has 0 aliphatic rings. The lowest BCUT2D eigenvalue weighted by atomic mass is 10.1. The molecule has 0 bridgehead atoms. The molecule has 0 amide bonds. The number of fused-ring (bicyclic) bond motifs is 1. The van der Waals surface area contributed by atoms with E-state index < -0.39 is 0 Å². The first-order valence-corrected chi connectivity index (χ1v) is 10.2. The topological polar surface area (TPSA) is 17.0 Å². The molecule has 4 heteroatoms. The number of halogens is 2. The molecule has 1 atom stereocenters. The van der Waals surface area contributed by atoms with Gasteiger partial charge in [-0.05, 0) is 41.8 Å². The number of hydrogen-bond acceptors (Lipinski definition) is 1. The van der Waals surface area contributed by atoms with Gasteiger partial charge in [-0.1, -0.05) is 77.8 Å². The van der Waals surface area contributed by atoms with E-state index in [0.717, 1.165) is 18.7 Å². The van der Waals surface area contributed by atoms with E-state index in [0.29, 0.717) is 16.1 Å². The zero-order chi connectivity index (χ0) is 19.5. The molecule has 2 nitrogen and oxygen atoms in total. The Bertz CT molecular complexity index is 1090. The second-order valence-electron chi connectivity index (χ2n) is 7.06. The van der Waals surface area contributed by atoms with Gasteiger partial charge in [-0.25, -0.2) is 0 Å². The Morgan fingerprint density at radius 1 is 0.893 bits per heavy atom. The van der Waals surface area contributed by atoms with Crippen molar-refractivity contribution < 1.29 is 0 Å². The molecule has 0 saturated carbocycles. The number of aromatic nitrogens is 1. The van der Waals surface area contributed by atoms with Crippen LogP contribution in [0.5, 0.6) is 0 Å². The van der Waals surface area contributed by atoms with Gasteiger partial charge in [0.15, 0.2) is 0 Å². The maximum Gasteiger partial charge on any atom is 0.0595 e. The summed E-state index contributed by atoms with van der Waals surface area (Å²) in [4.78, 5) is 0. The van der Waals surface area contributed by atoms with Crippen LogP contribution >= 0.6 is 23.2 Å². The first-order chi connectivity index (χ1) is 13.6. The van der Waals surface area contributed by atoms with Crippen LogP contribution in [0.1, 0.15) is 29.7 Å². The molecule has 1 aromatic heterocycles. The first kappa shape index (κ1) is 19.1. The van der Waals surface area contributed by atoms with Gasteiger partial charge in [0.1, 0.15) is 0 Å². The van der Waals surface area contributed by atoms with Crippen molar-refractivity contribution in [1.82, 2.24) is 9.88 Å². The van der Waals surface area contributed by atoms with Crippen LogP contribution in [0.3, 0.4) is 0 Å². The average Bonchev–Trinajstić information content (AvgIpc) is 3.07. The quantitative estimate of drug-likeness (QED) is 0.369. The maximum atomic E-state index is 6.20. The molecule has 28 heavy (non-hydrogen) atoms. The molecule has 1 N–H and O–H groups in total. The number of nitrogens with one attached hydrogen (secondary N) is 1. The molecular formula is C24H22Cl2N2. The van der Waals surface area contributed by atoms with Gasteiger partial charge in [-0.15, -0.1) is 0 Å². The highest BCUT2D eigenvalue weighted by Crippen LogP contribution is 2.26. The number of para-hydroxylation sites is 1. The Labute approximate surface area is 175 Å². The van der Waals surface area contributed by atoms with Crippen LogP contribution < -0.4 is 5.32 Å². The molecule has 0 radical (unpaired) electrons. The molecule has 4 aromatic rings. The normalized spacial score (nSPS) is 12.4. The summed E-state index contributed by atoms with van der Waals surface area (Å²) in [5.41, 5.74) is 4.94. The Morgan fingerprint density at radius 3 is 2.43 bits per heavy atom. The summed E-state index contributed by atoms with van der Waals surface area (Å²) in [6, 6.07) is 25.2. The van der Waals surface area contributed by atoms with E-state index >= 15 is 0 Å². The van der Waals surface area contributed by atoms with Gasteiger partial charge in [0, 0.05) is 36.2 Å². The fourth-order valence-corrected chi connectivity index (χ4v) is 3.87. The number of rotatable bonds is 6. The average molecular weight is 409 g/mol. The van der Waals surface area contributed by atoms with E-state index in [2.05, 4.69) is 71.5 Å². The third kappa shape index (κ3) is 4.10. The van der Waals surface area contributed by atoms with Crippen molar-refractivity contribution in [3.8, 4) is 0 Å². The van der Waals surface area contributed by atoms with E-state index in [1.165, 1.54) is 22.0 Å². The highest BCUT2D eigenvalue weighted by molar-refractivity contribution is 6.42. The molecule has 0 aliphatic carbocycles. The van der Waals surface area contributed by atoms with Crippen molar-refractivity contribution in [1.29, 1.82) is 0 Å². The molecule has 142 valence electrons. The molecule has 0 saturated heterocycles. The van der Waals surface area contributed by atoms with Crippen LogP contribution in [0.4, 0.5) is 0 Å². The van der Waals surface area contributed by atoms with E-state index in [4.69, 9.17) is 23.2 Å². The summed E-state index contributed by atoms with van der Waals surface area (Å²) in [6.07, 6.45) is 2.23. The third-order valence-electron chi connectivity index (χ3n) is 5.11. The summed E-state index contributed by atoms with van der Waals surface area (Å²) in [7, 11) is 0. The van der Waals surface area contributed by atoms with Crippen molar-refractivity contribution in [3.05, 3.63) is 106 Å². The van der Waals surface area contributed by atoms with Gasteiger partial charge in [0.2, 0.25) is 0 Å². The summed E-state index contributed by atoms with van der Waals surface area (Å²) in [5.74, 6) is 0. The SMILES string of the molecule is C[C@H](NCc1cn(Cc2ccc(Cl)c(Cl)c2)c2ccccc12)c1ccccc1. The molecule has 3 aromatic carbocycles. The van der Waals surface area contributed by atoms with Crippen molar-refractivity contribution in [2.45, 2.75) is 26.1 Å². The number of hydrogen-bond donors (Lipinski definition) is 1. The monoisotopic (exact) mass is 408 g/mol. The minimum Gasteiger partial charge on any atom is -0.343 e. The molecular weight excluding hydrogens is 387 g/mol. The largest absolute Gasteiger partial charge is 0.343 e. The maximum absolute atomic E-state index is 6.20.